The fourth-order valence-electron chi connectivity index (χ4n) is 3.98. The van der Waals surface area contributed by atoms with Crippen molar-refractivity contribution in [2.75, 3.05) is 13.2 Å². The molecule has 0 bridgehead atoms. The number of aromatic nitrogens is 1. The summed E-state index contributed by atoms with van der Waals surface area (Å²) in [6.45, 7) is 0.904. The van der Waals surface area contributed by atoms with Crippen molar-refractivity contribution in [3.8, 4) is 17.0 Å². The average molecular weight is 475 g/mol. The van der Waals surface area contributed by atoms with E-state index in [1.165, 1.54) is 13.0 Å². The van der Waals surface area contributed by atoms with Gasteiger partial charge in [-0.1, -0.05) is 30.3 Å². The molecule has 5 N–H and O–H groups in total. The van der Waals surface area contributed by atoms with Gasteiger partial charge in [-0.2, -0.15) is 0 Å². The van der Waals surface area contributed by atoms with Gasteiger partial charge in [-0.15, -0.1) is 0 Å². The SMILES string of the molecule is C[C@]1(C(N)=O)COc2c1cc([C@@](O)(CN)c1ccccc1)nc2-c1cc(C(F)F)c(F)cc1F. The van der Waals surface area contributed by atoms with E-state index in [4.69, 9.17) is 16.2 Å². The zero-order chi connectivity index (χ0) is 24.8. The van der Waals surface area contributed by atoms with E-state index in [0.29, 0.717) is 17.7 Å². The van der Waals surface area contributed by atoms with Gasteiger partial charge in [0.25, 0.3) is 6.43 Å². The van der Waals surface area contributed by atoms with E-state index in [9.17, 15) is 27.5 Å². The van der Waals surface area contributed by atoms with E-state index in [1.807, 2.05) is 0 Å². The third-order valence-corrected chi connectivity index (χ3v) is 6.16. The molecule has 4 rings (SSSR count). The first kappa shape index (κ1) is 23.7. The van der Waals surface area contributed by atoms with Crippen molar-refractivity contribution in [1.29, 1.82) is 0 Å². The standard InChI is InChI=1S/C24H21F4N3O3/c1-23(22(30)32)11-34-20-15(23)8-18(24(33,10-29)12-5-3-2-4-6-12)31-19(20)13-7-14(21(27)28)17(26)9-16(13)25/h2-9,21,33H,10-11,29H2,1H3,(H2,30,32)/t23-,24+/m0/s1. The maximum atomic E-state index is 14.9. The molecule has 34 heavy (non-hydrogen) atoms. The lowest BCUT2D eigenvalue weighted by molar-refractivity contribution is -0.123. The van der Waals surface area contributed by atoms with E-state index in [-0.39, 0.29) is 35.9 Å². The quantitative estimate of drug-likeness (QED) is 0.474. The minimum Gasteiger partial charge on any atom is -0.489 e. The Labute approximate surface area is 192 Å². The molecule has 0 fully saturated rings. The fourth-order valence-corrected chi connectivity index (χ4v) is 3.98. The summed E-state index contributed by atoms with van der Waals surface area (Å²) in [7, 11) is 0. The van der Waals surface area contributed by atoms with E-state index in [1.54, 1.807) is 30.3 Å². The van der Waals surface area contributed by atoms with Gasteiger partial charge in [-0.3, -0.25) is 4.79 Å². The van der Waals surface area contributed by atoms with E-state index < -0.39 is 46.1 Å². The number of nitrogens with zero attached hydrogens (tertiary/aromatic N) is 1. The van der Waals surface area contributed by atoms with Crippen LogP contribution in [-0.2, 0) is 15.8 Å². The molecule has 0 saturated heterocycles. The Morgan fingerprint density at radius 2 is 1.88 bits per heavy atom. The van der Waals surface area contributed by atoms with Gasteiger partial charge in [0.1, 0.15) is 40.7 Å². The highest BCUT2D eigenvalue weighted by molar-refractivity contribution is 5.90. The molecule has 178 valence electrons. The normalized spacial score (nSPS) is 18.9. The van der Waals surface area contributed by atoms with Gasteiger partial charge >= 0.3 is 0 Å². The molecular weight excluding hydrogens is 454 g/mol. The number of ether oxygens (including phenoxy) is 1. The molecule has 1 aromatic heterocycles. The van der Waals surface area contributed by atoms with E-state index in [0.717, 1.165) is 0 Å². The van der Waals surface area contributed by atoms with Crippen LogP contribution in [0, 0.1) is 11.6 Å². The van der Waals surface area contributed by atoms with Crippen LogP contribution in [0.2, 0.25) is 0 Å². The number of primary amides is 1. The summed E-state index contributed by atoms with van der Waals surface area (Å²) >= 11 is 0. The molecule has 10 heteroatoms. The number of alkyl halides is 2. The van der Waals surface area contributed by atoms with Crippen molar-refractivity contribution in [3.63, 3.8) is 0 Å². The molecule has 0 aliphatic carbocycles. The maximum Gasteiger partial charge on any atom is 0.266 e. The second-order valence-electron chi connectivity index (χ2n) is 8.30. The first-order valence-corrected chi connectivity index (χ1v) is 10.3. The van der Waals surface area contributed by atoms with Gasteiger partial charge < -0.3 is 21.3 Å². The van der Waals surface area contributed by atoms with Gasteiger partial charge in [0.2, 0.25) is 5.91 Å². The summed E-state index contributed by atoms with van der Waals surface area (Å²) < 4.78 is 61.2. The summed E-state index contributed by atoms with van der Waals surface area (Å²) in [4.78, 5) is 16.6. The molecule has 2 atom stereocenters. The van der Waals surface area contributed by atoms with Gasteiger partial charge in [0, 0.05) is 23.7 Å². The summed E-state index contributed by atoms with van der Waals surface area (Å²) in [6.07, 6.45) is -3.22. The highest BCUT2D eigenvalue weighted by Crippen LogP contribution is 2.47. The van der Waals surface area contributed by atoms with Crippen LogP contribution in [0.1, 0.15) is 35.7 Å². The predicted molar refractivity (Wildman–Crippen MR) is 115 cm³/mol. The maximum absolute atomic E-state index is 14.9. The number of carbonyl (C=O) groups is 1. The Morgan fingerprint density at radius 1 is 1.21 bits per heavy atom. The summed E-state index contributed by atoms with van der Waals surface area (Å²) in [6, 6.07) is 10.6. The number of nitrogens with two attached hydrogens (primary N) is 2. The lowest BCUT2D eigenvalue weighted by atomic mass is 9.80. The number of pyridine rings is 1. The topological polar surface area (TPSA) is 111 Å². The van der Waals surface area contributed by atoms with Crippen molar-refractivity contribution in [2.24, 2.45) is 11.5 Å². The van der Waals surface area contributed by atoms with Gasteiger partial charge in [0.05, 0.1) is 11.3 Å². The Balaban J connectivity index is 2.06. The fraction of sp³-hybridized carbons (Fsp3) is 0.250. The highest BCUT2D eigenvalue weighted by atomic mass is 19.3. The first-order valence-electron chi connectivity index (χ1n) is 10.3. The minimum absolute atomic E-state index is 0.0804. The molecule has 0 spiro atoms. The van der Waals surface area contributed by atoms with Crippen molar-refractivity contribution < 1.29 is 32.2 Å². The summed E-state index contributed by atoms with van der Waals surface area (Å²) in [5.74, 6) is -3.45. The zero-order valence-electron chi connectivity index (χ0n) is 18.0. The van der Waals surface area contributed by atoms with Crippen molar-refractivity contribution >= 4 is 5.91 Å². The average Bonchev–Trinajstić information content (AvgIpc) is 3.16. The van der Waals surface area contributed by atoms with Crippen LogP contribution >= 0.6 is 0 Å². The molecular formula is C24H21F4N3O3. The Kier molecular flexibility index (Phi) is 5.82. The number of aliphatic hydroxyl groups is 1. The third-order valence-electron chi connectivity index (χ3n) is 6.16. The van der Waals surface area contributed by atoms with E-state index in [2.05, 4.69) is 4.98 Å². The summed E-state index contributed by atoms with van der Waals surface area (Å²) in [5.41, 5.74) is 6.84. The van der Waals surface area contributed by atoms with Crippen LogP contribution in [0.5, 0.6) is 5.75 Å². The second-order valence-corrected chi connectivity index (χ2v) is 8.30. The molecule has 1 aliphatic heterocycles. The molecule has 2 heterocycles. The largest absolute Gasteiger partial charge is 0.489 e. The Hall–Kier alpha value is -3.50. The van der Waals surface area contributed by atoms with Gasteiger partial charge in [0.15, 0.2) is 0 Å². The lowest BCUT2D eigenvalue weighted by Crippen LogP contribution is -2.41. The first-order chi connectivity index (χ1) is 16.0. The van der Waals surface area contributed by atoms with Crippen molar-refractivity contribution in [2.45, 2.75) is 24.4 Å². The number of halogens is 4. The molecule has 2 aromatic carbocycles. The summed E-state index contributed by atoms with van der Waals surface area (Å²) in [5, 5.41) is 11.5. The number of fused-ring (bicyclic) bond motifs is 1. The van der Waals surface area contributed by atoms with Crippen molar-refractivity contribution in [1.82, 2.24) is 4.98 Å². The Bertz CT molecular complexity index is 1270. The Morgan fingerprint density at radius 3 is 2.47 bits per heavy atom. The molecule has 1 amide bonds. The van der Waals surface area contributed by atoms with Crippen LogP contribution in [0.4, 0.5) is 17.6 Å². The van der Waals surface area contributed by atoms with Crippen LogP contribution in [-0.4, -0.2) is 29.1 Å². The van der Waals surface area contributed by atoms with E-state index >= 15 is 0 Å². The van der Waals surface area contributed by atoms with Crippen LogP contribution in [0.15, 0.2) is 48.5 Å². The number of carbonyl (C=O) groups excluding carboxylic acids is 1. The number of hydrogen-bond acceptors (Lipinski definition) is 5. The van der Waals surface area contributed by atoms with Crippen LogP contribution < -0.4 is 16.2 Å². The molecule has 0 radical (unpaired) electrons. The van der Waals surface area contributed by atoms with Crippen LogP contribution in [0.3, 0.4) is 0 Å². The predicted octanol–water partition coefficient (Wildman–Crippen LogP) is 3.29. The van der Waals surface area contributed by atoms with Crippen LogP contribution in [0.25, 0.3) is 11.3 Å². The number of rotatable bonds is 6. The monoisotopic (exact) mass is 475 g/mol. The zero-order valence-corrected chi connectivity index (χ0v) is 18.0. The molecule has 0 unspecified atom stereocenters. The number of benzene rings is 2. The lowest BCUT2D eigenvalue weighted by Gasteiger charge is -2.29. The van der Waals surface area contributed by atoms with Crippen molar-refractivity contribution in [3.05, 3.63) is 82.5 Å². The van der Waals surface area contributed by atoms with Gasteiger partial charge in [-0.05, 0) is 24.6 Å². The molecule has 6 nitrogen and oxygen atoms in total. The molecule has 3 aromatic rings. The molecule has 1 aliphatic rings. The smallest absolute Gasteiger partial charge is 0.266 e. The van der Waals surface area contributed by atoms with Gasteiger partial charge in [-0.25, -0.2) is 22.5 Å². The molecule has 0 saturated carbocycles. The minimum atomic E-state index is -3.22. The highest BCUT2D eigenvalue weighted by Gasteiger charge is 2.46. The second kappa shape index (κ2) is 8.37. The third kappa shape index (κ3) is 3.59. The number of hydrogen-bond donors (Lipinski definition) is 3. The number of amides is 1.